The molecule has 0 aliphatic heterocycles. The first-order valence-corrected chi connectivity index (χ1v) is 7.58. The van der Waals surface area contributed by atoms with Gasteiger partial charge in [0.25, 0.3) is 0 Å². The molecular formula is C9H14N2O3S2. The third-order valence-corrected chi connectivity index (χ3v) is 3.81. The first kappa shape index (κ1) is 13.1. The van der Waals surface area contributed by atoms with E-state index in [4.69, 9.17) is 5.73 Å². The Labute approximate surface area is 98.6 Å². The Morgan fingerprint density at radius 3 is 2.81 bits per heavy atom. The molecule has 1 aromatic heterocycles. The number of carbonyl (C=O) groups is 1. The number of nitrogens with two attached hydrogens (primary N) is 1. The molecule has 3 N–H and O–H groups in total. The van der Waals surface area contributed by atoms with E-state index in [-0.39, 0.29) is 18.2 Å². The molecule has 0 aromatic carbocycles. The predicted octanol–water partition coefficient (Wildman–Crippen LogP) is -0.0913. The molecule has 1 aromatic rings. The Hall–Kier alpha value is -0.920. The number of sulfone groups is 1. The van der Waals surface area contributed by atoms with Gasteiger partial charge in [-0.2, -0.15) is 0 Å². The third-order valence-electron chi connectivity index (χ3n) is 1.90. The summed E-state index contributed by atoms with van der Waals surface area (Å²) in [5.74, 6) is -0.429. The number of hydrogen-bond acceptors (Lipinski definition) is 5. The van der Waals surface area contributed by atoms with Crippen molar-refractivity contribution in [2.45, 2.75) is 6.04 Å². The maximum Gasteiger partial charge on any atom is 0.242 e. The third kappa shape index (κ3) is 4.30. The number of hydrogen-bond donors (Lipinski definition) is 2. The lowest BCUT2D eigenvalue weighted by atomic mass is 10.2. The fourth-order valence-electron chi connectivity index (χ4n) is 1.07. The van der Waals surface area contributed by atoms with E-state index in [9.17, 15) is 13.2 Å². The maximum absolute atomic E-state index is 11.5. The highest BCUT2D eigenvalue weighted by Gasteiger charge is 2.16. The fourth-order valence-corrected chi connectivity index (χ4v) is 2.26. The van der Waals surface area contributed by atoms with Crippen LogP contribution in [0.3, 0.4) is 0 Å². The molecule has 1 heterocycles. The molecule has 0 saturated heterocycles. The average Bonchev–Trinajstić information content (AvgIpc) is 2.67. The number of amides is 1. The first-order chi connectivity index (χ1) is 7.40. The molecule has 5 nitrogen and oxygen atoms in total. The zero-order chi connectivity index (χ0) is 12.2. The van der Waals surface area contributed by atoms with Gasteiger partial charge in [0.15, 0.2) is 0 Å². The van der Waals surface area contributed by atoms with Gasteiger partial charge in [0.2, 0.25) is 5.91 Å². The summed E-state index contributed by atoms with van der Waals surface area (Å²) in [6, 6.07) is 2.86. The molecule has 16 heavy (non-hydrogen) atoms. The molecule has 0 spiro atoms. The molecule has 1 amide bonds. The highest BCUT2D eigenvalue weighted by atomic mass is 32.2. The van der Waals surface area contributed by atoms with Gasteiger partial charge in [-0.05, 0) is 11.4 Å². The standard InChI is InChI=1S/C9H14N2O3S2/c1-16(13,14)6-4-11-9(12)8(10)7-3-2-5-15-7/h2-3,5,8H,4,6,10H2,1H3,(H,11,12). The molecule has 1 rings (SSSR count). The van der Waals surface area contributed by atoms with Crippen LogP contribution in [0.1, 0.15) is 10.9 Å². The maximum atomic E-state index is 11.5. The summed E-state index contributed by atoms with van der Waals surface area (Å²) < 4.78 is 21.7. The molecule has 0 radical (unpaired) electrons. The molecule has 1 unspecified atom stereocenters. The van der Waals surface area contributed by atoms with Crippen molar-refractivity contribution in [3.8, 4) is 0 Å². The summed E-state index contributed by atoms with van der Waals surface area (Å²) in [6.45, 7) is 0.0940. The number of rotatable bonds is 5. The lowest BCUT2D eigenvalue weighted by molar-refractivity contribution is -0.122. The van der Waals surface area contributed by atoms with Gasteiger partial charge in [-0.1, -0.05) is 6.07 Å². The Morgan fingerprint density at radius 1 is 1.62 bits per heavy atom. The average molecular weight is 262 g/mol. The van der Waals surface area contributed by atoms with Crippen LogP contribution in [0, 0.1) is 0 Å². The van der Waals surface area contributed by atoms with Crippen molar-refractivity contribution in [2.75, 3.05) is 18.6 Å². The SMILES string of the molecule is CS(=O)(=O)CCNC(=O)C(N)c1cccs1. The van der Waals surface area contributed by atoms with Gasteiger partial charge in [-0.3, -0.25) is 4.79 Å². The van der Waals surface area contributed by atoms with Crippen molar-refractivity contribution in [1.29, 1.82) is 0 Å². The van der Waals surface area contributed by atoms with E-state index in [0.29, 0.717) is 0 Å². The van der Waals surface area contributed by atoms with Crippen LogP contribution in [-0.4, -0.2) is 32.9 Å². The van der Waals surface area contributed by atoms with E-state index in [0.717, 1.165) is 11.1 Å². The zero-order valence-electron chi connectivity index (χ0n) is 8.84. The van der Waals surface area contributed by atoms with Gasteiger partial charge in [0, 0.05) is 17.7 Å². The minimum Gasteiger partial charge on any atom is -0.353 e. The second-order valence-corrected chi connectivity index (χ2v) is 6.65. The Morgan fingerprint density at radius 2 is 2.31 bits per heavy atom. The van der Waals surface area contributed by atoms with Gasteiger partial charge in [0.1, 0.15) is 15.9 Å². The molecule has 0 saturated carbocycles. The monoisotopic (exact) mass is 262 g/mol. The second-order valence-electron chi connectivity index (χ2n) is 3.41. The van der Waals surface area contributed by atoms with Crippen LogP contribution < -0.4 is 11.1 Å². The van der Waals surface area contributed by atoms with Gasteiger partial charge in [0.05, 0.1) is 5.75 Å². The topological polar surface area (TPSA) is 89.3 Å². The lowest BCUT2D eigenvalue weighted by Crippen LogP contribution is -2.36. The van der Waals surface area contributed by atoms with Crippen LogP contribution >= 0.6 is 11.3 Å². The minimum atomic E-state index is -3.05. The minimum absolute atomic E-state index is 0.0735. The van der Waals surface area contributed by atoms with Crippen molar-refractivity contribution in [3.05, 3.63) is 22.4 Å². The summed E-state index contributed by atoms with van der Waals surface area (Å²) in [6.07, 6.45) is 1.12. The largest absolute Gasteiger partial charge is 0.353 e. The lowest BCUT2D eigenvalue weighted by Gasteiger charge is -2.09. The summed E-state index contributed by atoms with van der Waals surface area (Å²) in [5, 5.41) is 4.32. The first-order valence-electron chi connectivity index (χ1n) is 4.64. The summed E-state index contributed by atoms with van der Waals surface area (Å²) in [4.78, 5) is 12.3. The number of carbonyl (C=O) groups excluding carboxylic acids is 1. The van der Waals surface area contributed by atoms with E-state index >= 15 is 0 Å². The van der Waals surface area contributed by atoms with Crippen LogP contribution in [0.15, 0.2) is 17.5 Å². The molecular weight excluding hydrogens is 248 g/mol. The van der Waals surface area contributed by atoms with Crippen molar-refractivity contribution in [3.63, 3.8) is 0 Å². The van der Waals surface area contributed by atoms with Gasteiger partial charge in [-0.25, -0.2) is 8.42 Å². The molecule has 0 aliphatic carbocycles. The Balaban J connectivity index is 2.42. The molecule has 0 bridgehead atoms. The van der Waals surface area contributed by atoms with Crippen molar-refractivity contribution >= 4 is 27.1 Å². The molecule has 0 aliphatic rings. The fraction of sp³-hybridized carbons (Fsp3) is 0.444. The number of thiophene rings is 1. The molecule has 0 fully saturated rings. The van der Waals surface area contributed by atoms with Gasteiger partial charge in [-0.15, -0.1) is 11.3 Å². The van der Waals surface area contributed by atoms with Gasteiger partial charge < -0.3 is 11.1 Å². The zero-order valence-corrected chi connectivity index (χ0v) is 10.5. The molecule has 7 heteroatoms. The van der Waals surface area contributed by atoms with E-state index in [1.54, 1.807) is 6.07 Å². The molecule has 90 valence electrons. The summed E-state index contributed by atoms with van der Waals surface area (Å²) >= 11 is 1.39. The quantitative estimate of drug-likeness (QED) is 0.776. The van der Waals surface area contributed by atoms with E-state index in [2.05, 4.69) is 5.32 Å². The Kier molecular flexibility index (Phi) is 4.45. The van der Waals surface area contributed by atoms with Crippen molar-refractivity contribution < 1.29 is 13.2 Å². The molecule has 1 atom stereocenters. The highest BCUT2D eigenvalue weighted by Crippen LogP contribution is 2.16. The smallest absolute Gasteiger partial charge is 0.242 e. The second kappa shape index (κ2) is 5.42. The Bertz CT molecular complexity index is 439. The van der Waals surface area contributed by atoms with Crippen molar-refractivity contribution in [2.24, 2.45) is 5.73 Å². The van der Waals surface area contributed by atoms with E-state index in [1.165, 1.54) is 11.3 Å². The normalized spacial score (nSPS) is 13.4. The van der Waals surface area contributed by atoms with E-state index in [1.807, 2.05) is 11.4 Å². The van der Waals surface area contributed by atoms with Crippen LogP contribution in [0.2, 0.25) is 0 Å². The van der Waals surface area contributed by atoms with Crippen LogP contribution in [0.4, 0.5) is 0 Å². The van der Waals surface area contributed by atoms with Crippen LogP contribution in [0.25, 0.3) is 0 Å². The summed E-state index contributed by atoms with van der Waals surface area (Å²) in [7, 11) is -3.05. The predicted molar refractivity (Wildman–Crippen MR) is 64.0 cm³/mol. The number of nitrogens with one attached hydrogen (secondary N) is 1. The highest BCUT2D eigenvalue weighted by molar-refractivity contribution is 7.90. The van der Waals surface area contributed by atoms with Crippen LogP contribution in [0.5, 0.6) is 0 Å². The van der Waals surface area contributed by atoms with Crippen LogP contribution in [-0.2, 0) is 14.6 Å². The van der Waals surface area contributed by atoms with Crippen molar-refractivity contribution in [1.82, 2.24) is 5.32 Å². The summed E-state index contributed by atoms with van der Waals surface area (Å²) in [5.41, 5.74) is 5.68. The van der Waals surface area contributed by atoms with Gasteiger partial charge >= 0.3 is 0 Å². The van der Waals surface area contributed by atoms with E-state index < -0.39 is 15.9 Å².